The lowest BCUT2D eigenvalue weighted by Gasteiger charge is -1.99. The summed E-state index contributed by atoms with van der Waals surface area (Å²) < 4.78 is 0. The summed E-state index contributed by atoms with van der Waals surface area (Å²) in [6.07, 6.45) is 4.02. The van der Waals surface area contributed by atoms with Gasteiger partial charge in [0.2, 0.25) is 0 Å². The highest BCUT2D eigenvalue weighted by molar-refractivity contribution is 5.23. The fraction of sp³-hybridized carbons (Fsp3) is 0.571. The third-order valence-corrected chi connectivity index (χ3v) is 1.10. The molecule has 46 valence electrons. The van der Waals surface area contributed by atoms with Crippen LogP contribution in [0, 0.1) is 0 Å². The molecule has 1 heteroatoms. The molecule has 1 unspecified atom stereocenters. The van der Waals surface area contributed by atoms with Crippen molar-refractivity contribution in [3.8, 4) is 0 Å². The quantitative estimate of drug-likeness (QED) is 0.389. The molecule has 0 aliphatic rings. The minimum Gasteiger partial charge on any atom is -0.298 e. The van der Waals surface area contributed by atoms with Crippen LogP contribution in [0.25, 0.3) is 0 Å². The van der Waals surface area contributed by atoms with Gasteiger partial charge in [-0.2, -0.15) is 0 Å². The predicted octanol–water partition coefficient (Wildman–Crippen LogP) is 2.04. The molecular formula is C7H13N. The molecule has 0 spiro atoms. The first-order valence-corrected chi connectivity index (χ1v) is 2.88. The van der Waals surface area contributed by atoms with Crippen molar-refractivity contribution in [3.05, 3.63) is 12.7 Å². The highest BCUT2D eigenvalue weighted by atomic mass is 14.7. The van der Waals surface area contributed by atoms with Crippen molar-refractivity contribution >= 4 is 6.72 Å². The Bertz CT molecular complexity index is 76.5. The SMILES string of the molecule is C=CCCC(C)N=C. The Balaban J connectivity index is 3.09. The van der Waals surface area contributed by atoms with Crippen LogP contribution in [-0.4, -0.2) is 12.8 Å². The van der Waals surface area contributed by atoms with Crippen LogP contribution in [0.4, 0.5) is 0 Å². The van der Waals surface area contributed by atoms with Crippen LogP contribution < -0.4 is 0 Å². The molecule has 0 saturated heterocycles. The fourth-order valence-electron chi connectivity index (χ4n) is 0.450. The van der Waals surface area contributed by atoms with Crippen LogP contribution in [0.2, 0.25) is 0 Å². The first-order valence-electron chi connectivity index (χ1n) is 2.88. The van der Waals surface area contributed by atoms with Gasteiger partial charge in [-0.3, -0.25) is 4.99 Å². The lowest BCUT2D eigenvalue weighted by molar-refractivity contribution is 0.683. The minimum atomic E-state index is 0.396. The minimum absolute atomic E-state index is 0.396. The van der Waals surface area contributed by atoms with E-state index in [0.29, 0.717) is 6.04 Å². The maximum Gasteiger partial charge on any atom is 0.0467 e. The van der Waals surface area contributed by atoms with Crippen molar-refractivity contribution in [1.29, 1.82) is 0 Å². The van der Waals surface area contributed by atoms with E-state index in [2.05, 4.69) is 25.2 Å². The summed E-state index contributed by atoms with van der Waals surface area (Å²) in [5.74, 6) is 0. The zero-order chi connectivity index (χ0) is 6.41. The third kappa shape index (κ3) is 3.59. The maximum absolute atomic E-state index is 3.83. The molecule has 0 radical (unpaired) electrons. The summed E-state index contributed by atoms with van der Waals surface area (Å²) in [6.45, 7) is 9.09. The van der Waals surface area contributed by atoms with Gasteiger partial charge < -0.3 is 0 Å². The summed E-state index contributed by atoms with van der Waals surface area (Å²) >= 11 is 0. The standard InChI is InChI=1S/C7H13N/c1-4-5-6-7(2)8-3/h4,7H,1,3,5-6H2,2H3. The molecule has 1 atom stereocenters. The summed E-state index contributed by atoms with van der Waals surface area (Å²) in [7, 11) is 0. The van der Waals surface area contributed by atoms with Gasteiger partial charge >= 0.3 is 0 Å². The predicted molar refractivity (Wildman–Crippen MR) is 38.4 cm³/mol. The van der Waals surface area contributed by atoms with Crippen LogP contribution in [0.5, 0.6) is 0 Å². The third-order valence-electron chi connectivity index (χ3n) is 1.10. The van der Waals surface area contributed by atoms with Crippen molar-refractivity contribution in [2.24, 2.45) is 4.99 Å². The molecule has 8 heavy (non-hydrogen) atoms. The Hall–Kier alpha value is -0.590. The molecular weight excluding hydrogens is 98.1 g/mol. The maximum atomic E-state index is 3.83. The van der Waals surface area contributed by atoms with E-state index in [9.17, 15) is 0 Å². The van der Waals surface area contributed by atoms with Crippen molar-refractivity contribution < 1.29 is 0 Å². The van der Waals surface area contributed by atoms with Gasteiger partial charge in [-0.05, 0) is 26.5 Å². The van der Waals surface area contributed by atoms with Crippen molar-refractivity contribution in [3.63, 3.8) is 0 Å². The van der Waals surface area contributed by atoms with E-state index in [1.54, 1.807) is 0 Å². The normalized spacial score (nSPS) is 12.6. The van der Waals surface area contributed by atoms with Gasteiger partial charge in [0.25, 0.3) is 0 Å². The van der Waals surface area contributed by atoms with Crippen LogP contribution in [0.3, 0.4) is 0 Å². The van der Waals surface area contributed by atoms with E-state index in [0.717, 1.165) is 12.8 Å². The van der Waals surface area contributed by atoms with Crippen LogP contribution in [-0.2, 0) is 0 Å². The van der Waals surface area contributed by atoms with Gasteiger partial charge in [0, 0.05) is 6.04 Å². The van der Waals surface area contributed by atoms with Crippen molar-refractivity contribution in [2.45, 2.75) is 25.8 Å². The second kappa shape index (κ2) is 4.57. The van der Waals surface area contributed by atoms with Crippen molar-refractivity contribution in [2.75, 3.05) is 0 Å². The van der Waals surface area contributed by atoms with Gasteiger partial charge in [-0.15, -0.1) is 6.58 Å². The zero-order valence-electron chi connectivity index (χ0n) is 5.43. The van der Waals surface area contributed by atoms with Gasteiger partial charge in [-0.25, -0.2) is 0 Å². The second-order valence-corrected chi connectivity index (χ2v) is 1.90. The number of allylic oxidation sites excluding steroid dienone is 1. The molecule has 0 saturated carbocycles. The van der Waals surface area contributed by atoms with E-state index >= 15 is 0 Å². The van der Waals surface area contributed by atoms with E-state index in [-0.39, 0.29) is 0 Å². The van der Waals surface area contributed by atoms with E-state index in [1.807, 2.05) is 6.08 Å². The molecule has 0 bridgehead atoms. The first kappa shape index (κ1) is 7.41. The fourth-order valence-corrected chi connectivity index (χ4v) is 0.450. The van der Waals surface area contributed by atoms with Gasteiger partial charge in [-0.1, -0.05) is 6.08 Å². The van der Waals surface area contributed by atoms with Crippen LogP contribution in [0.1, 0.15) is 19.8 Å². The first-order chi connectivity index (χ1) is 3.81. The number of hydrogen-bond acceptors (Lipinski definition) is 1. The molecule has 1 nitrogen and oxygen atoms in total. The van der Waals surface area contributed by atoms with Crippen LogP contribution in [0.15, 0.2) is 17.6 Å². The Morgan fingerprint density at radius 2 is 2.38 bits per heavy atom. The van der Waals surface area contributed by atoms with Crippen LogP contribution >= 0.6 is 0 Å². The lowest BCUT2D eigenvalue weighted by atomic mass is 10.2. The summed E-state index contributed by atoms with van der Waals surface area (Å²) in [5, 5.41) is 0. The largest absolute Gasteiger partial charge is 0.298 e. The Kier molecular flexibility index (Phi) is 4.23. The van der Waals surface area contributed by atoms with Crippen molar-refractivity contribution in [1.82, 2.24) is 0 Å². The average Bonchev–Trinajstić information content (AvgIpc) is 1.83. The molecule has 0 aromatic rings. The number of hydrogen-bond donors (Lipinski definition) is 0. The number of rotatable bonds is 4. The Labute approximate surface area is 51.1 Å². The molecule has 0 amide bonds. The van der Waals surface area contributed by atoms with E-state index < -0.39 is 0 Å². The Morgan fingerprint density at radius 3 is 2.75 bits per heavy atom. The van der Waals surface area contributed by atoms with Gasteiger partial charge in [0.15, 0.2) is 0 Å². The van der Waals surface area contributed by atoms with Gasteiger partial charge in [0.1, 0.15) is 0 Å². The summed E-state index contributed by atoms with van der Waals surface area (Å²) in [6, 6.07) is 0.396. The topological polar surface area (TPSA) is 12.4 Å². The molecule has 0 aliphatic carbocycles. The second-order valence-electron chi connectivity index (χ2n) is 1.90. The molecule has 0 aliphatic heterocycles. The molecule has 0 rings (SSSR count). The highest BCUT2D eigenvalue weighted by Gasteiger charge is 1.91. The number of nitrogens with zero attached hydrogens (tertiary/aromatic N) is 1. The zero-order valence-corrected chi connectivity index (χ0v) is 5.43. The van der Waals surface area contributed by atoms with Gasteiger partial charge in [0.05, 0.1) is 0 Å². The average molecular weight is 111 g/mol. The monoisotopic (exact) mass is 111 g/mol. The molecule has 0 aromatic carbocycles. The smallest absolute Gasteiger partial charge is 0.0467 e. The molecule has 0 N–H and O–H groups in total. The number of aliphatic imine (C=N–C) groups is 1. The summed E-state index contributed by atoms with van der Waals surface area (Å²) in [5.41, 5.74) is 0. The molecule has 0 fully saturated rings. The van der Waals surface area contributed by atoms with E-state index in [4.69, 9.17) is 0 Å². The Morgan fingerprint density at radius 1 is 1.75 bits per heavy atom. The molecule has 0 aromatic heterocycles. The van der Waals surface area contributed by atoms with E-state index in [1.165, 1.54) is 0 Å². The lowest BCUT2D eigenvalue weighted by Crippen LogP contribution is -1.93. The summed E-state index contributed by atoms with van der Waals surface area (Å²) in [4.78, 5) is 3.83. The highest BCUT2D eigenvalue weighted by Crippen LogP contribution is 1.98. The molecule has 0 heterocycles.